The van der Waals surface area contributed by atoms with Crippen LogP contribution in [0.4, 0.5) is 0 Å². The molecular formula is C13H12N. The Bertz CT molecular complexity index is 432. The molecule has 0 saturated carbocycles. The zero-order valence-corrected chi connectivity index (χ0v) is 8.41. The zero-order chi connectivity index (χ0) is 9.97. The van der Waals surface area contributed by atoms with E-state index in [0.29, 0.717) is 0 Å². The Labute approximate surface area is 84.4 Å². The number of hydrogen-bond donors (Lipinski definition) is 0. The third kappa shape index (κ3) is 1.67. The highest BCUT2D eigenvalue weighted by Gasteiger charge is 2.00. The summed E-state index contributed by atoms with van der Waals surface area (Å²) in [4.78, 5) is 4.00. The summed E-state index contributed by atoms with van der Waals surface area (Å²) < 4.78 is 0. The van der Waals surface area contributed by atoms with Crippen LogP contribution in [0.3, 0.4) is 0 Å². The number of pyridine rings is 1. The number of rotatable bonds is 1. The van der Waals surface area contributed by atoms with Crippen LogP contribution in [0.5, 0.6) is 0 Å². The minimum atomic E-state index is 1.15. The maximum absolute atomic E-state index is 4.00. The first-order valence-electron chi connectivity index (χ1n) is 4.67. The molecular weight excluding hydrogens is 170 g/mol. The molecule has 0 aliphatic rings. The van der Waals surface area contributed by atoms with E-state index in [1.807, 2.05) is 18.3 Å². The first-order valence-corrected chi connectivity index (χ1v) is 4.67. The summed E-state index contributed by atoms with van der Waals surface area (Å²) in [6.45, 7) is 4.23. The van der Waals surface area contributed by atoms with E-state index in [4.69, 9.17) is 0 Å². The maximum atomic E-state index is 4.00. The molecule has 0 fully saturated rings. The quantitative estimate of drug-likeness (QED) is 0.660. The molecule has 14 heavy (non-hydrogen) atoms. The van der Waals surface area contributed by atoms with E-state index in [1.54, 1.807) is 0 Å². The van der Waals surface area contributed by atoms with Crippen LogP contribution >= 0.6 is 0 Å². The van der Waals surface area contributed by atoms with Gasteiger partial charge in [0.1, 0.15) is 0 Å². The predicted molar refractivity (Wildman–Crippen MR) is 58.0 cm³/mol. The maximum Gasteiger partial charge on any atom is 0.0886 e. The van der Waals surface area contributed by atoms with E-state index in [9.17, 15) is 0 Å². The Hall–Kier alpha value is -1.63. The van der Waals surface area contributed by atoms with Crippen LogP contribution in [0.2, 0.25) is 0 Å². The molecule has 0 bridgehead atoms. The van der Waals surface area contributed by atoms with Crippen molar-refractivity contribution in [3.63, 3.8) is 0 Å². The molecule has 1 aromatic heterocycles. The van der Waals surface area contributed by atoms with Crippen molar-refractivity contribution in [2.24, 2.45) is 0 Å². The molecule has 69 valence electrons. The van der Waals surface area contributed by atoms with E-state index in [1.165, 1.54) is 16.7 Å². The Morgan fingerprint density at radius 3 is 2.64 bits per heavy atom. The molecule has 0 spiro atoms. The summed E-state index contributed by atoms with van der Waals surface area (Å²) in [6, 6.07) is 10.3. The Morgan fingerprint density at radius 1 is 1.14 bits per heavy atom. The number of hydrogen-bond acceptors (Lipinski definition) is 1. The third-order valence-corrected chi connectivity index (χ3v) is 2.31. The molecule has 0 aliphatic heterocycles. The first-order chi connectivity index (χ1) is 6.77. The van der Waals surface area contributed by atoms with E-state index in [2.05, 4.69) is 43.2 Å². The average Bonchev–Trinajstić information content (AvgIpc) is 2.19. The fourth-order valence-corrected chi connectivity index (χ4v) is 1.62. The summed E-state index contributed by atoms with van der Waals surface area (Å²) in [7, 11) is 0. The van der Waals surface area contributed by atoms with Gasteiger partial charge in [0.25, 0.3) is 0 Å². The highest BCUT2D eigenvalue weighted by Crippen LogP contribution is 2.22. The van der Waals surface area contributed by atoms with Gasteiger partial charge in [0.05, 0.1) is 6.20 Å². The molecule has 0 amide bonds. The summed E-state index contributed by atoms with van der Waals surface area (Å²) in [6.07, 6.45) is 4.63. The molecule has 0 atom stereocenters. The lowest BCUT2D eigenvalue weighted by atomic mass is 10.0. The topological polar surface area (TPSA) is 12.9 Å². The predicted octanol–water partition coefficient (Wildman–Crippen LogP) is 3.17. The first kappa shape index (κ1) is 8.95. The summed E-state index contributed by atoms with van der Waals surface area (Å²) in [5.74, 6) is 0. The van der Waals surface area contributed by atoms with Crippen LogP contribution in [0.25, 0.3) is 11.1 Å². The molecule has 0 unspecified atom stereocenters. The largest absolute Gasteiger partial charge is 0.254 e. The molecule has 2 aromatic rings. The highest BCUT2D eigenvalue weighted by atomic mass is 14.6. The molecule has 1 nitrogen and oxygen atoms in total. The lowest BCUT2D eigenvalue weighted by molar-refractivity contribution is 1.30. The van der Waals surface area contributed by atoms with Gasteiger partial charge < -0.3 is 0 Å². The lowest BCUT2D eigenvalue weighted by Crippen LogP contribution is -1.85. The normalized spacial score (nSPS) is 10.1. The molecule has 1 radical (unpaired) electrons. The minimum Gasteiger partial charge on any atom is -0.254 e. The number of benzene rings is 1. The monoisotopic (exact) mass is 182 g/mol. The van der Waals surface area contributed by atoms with E-state index >= 15 is 0 Å². The fourth-order valence-electron chi connectivity index (χ4n) is 1.62. The minimum absolute atomic E-state index is 1.15. The molecule has 1 heteroatoms. The van der Waals surface area contributed by atoms with Gasteiger partial charge in [0, 0.05) is 11.8 Å². The third-order valence-electron chi connectivity index (χ3n) is 2.31. The Kier molecular flexibility index (Phi) is 2.32. The molecule has 2 rings (SSSR count). The van der Waals surface area contributed by atoms with Crippen molar-refractivity contribution in [1.29, 1.82) is 0 Å². The van der Waals surface area contributed by atoms with Gasteiger partial charge in [-0.2, -0.15) is 0 Å². The van der Waals surface area contributed by atoms with Gasteiger partial charge in [-0.15, -0.1) is 0 Å². The van der Waals surface area contributed by atoms with Crippen molar-refractivity contribution in [2.75, 3.05) is 0 Å². The SMILES string of the molecule is Cc1ccc(-c2cc[c]nc2)c(C)c1. The van der Waals surface area contributed by atoms with E-state index in [-0.39, 0.29) is 0 Å². The number of aryl methyl sites for hydroxylation is 2. The lowest BCUT2D eigenvalue weighted by Gasteiger charge is -2.05. The van der Waals surface area contributed by atoms with Gasteiger partial charge >= 0.3 is 0 Å². The van der Waals surface area contributed by atoms with Crippen molar-refractivity contribution < 1.29 is 0 Å². The average molecular weight is 182 g/mol. The van der Waals surface area contributed by atoms with Crippen LogP contribution in [0.15, 0.2) is 36.5 Å². The second-order valence-corrected chi connectivity index (χ2v) is 3.49. The fraction of sp³-hybridized carbons (Fsp3) is 0.154. The van der Waals surface area contributed by atoms with Crippen molar-refractivity contribution >= 4 is 0 Å². The smallest absolute Gasteiger partial charge is 0.0886 e. The summed E-state index contributed by atoms with van der Waals surface area (Å²) in [5.41, 5.74) is 4.98. The van der Waals surface area contributed by atoms with Crippen LogP contribution < -0.4 is 0 Å². The zero-order valence-electron chi connectivity index (χ0n) is 8.41. The van der Waals surface area contributed by atoms with Gasteiger partial charge in [-0.25, -0.2) is 0 Å². The van der Waals surface area contributed by atoms with Crippen LogP contribution in [0, 0.1) is 20.0 Å². The standard InChI is InChI=1S/C13H12N/c1-10-5-6-13(11(2)8-10)12-4-3-7-14-9-12/h3-6,8-9H,1-2H3. The van der Waals surface area contributed by atoms with Crippen molar-refractivity contribution in [1.82, 2.24) is 4.98 Å². The molecule has 0 N–H and O–H groups in total. The van der Waals surface area contributed by atoms with E-state index < -0.39 is 0 Å². The van der Waals surface area contributed by atoms with Gasteiger partial charge in [0.2, 0.25) is 0 Å². The van der Waals surface area contributed by atoms with Crippen LogP contribution in [-0.4, -0.2) is 4.98 Å². The summed E-state index contributed by atoms with van der Waals surface area (Å²) >= 11 is 0. The van der Waals surface area contributed by atoms with Crippen molar-refractivity contribution in [3.05, 3.63) is 53.9 Å². The molecule has 1 heterocycles. The Morgan fingerprint density at radius 2 is 2.00 bits per heavy atom. The second kappa shape index (κ2) is 3.62. The van der Waals surface area contributed by atoms with Crippen molar-refractivity contribution in [2.45, 2.75) is 13.8 Å². The van der Waals surface area contributed by atoms with Gasteiger partial charge in [0.15, 0.2) is 0 Å². The van der Waals surface area contributed by atoms with Gasteiger partial charge in [-0.05, 0) is 31.0 Å². The van der Waals surface area contributed by atoms with E-state index in [0.717, 1.165) is 5.56 Å². The molecule has 0 aliphatic carbocycles. The van der Waals surface area contributed by atoms with Gasteiger partial charge in [-0.1, -0.05) is 29.8 Å². The molecule has 0 saturated heterocycles. The van der Waals surface area contributed by atoms with Crippen LogP contribution in [0.1, 0.15) is 11.1 Å². The summed E-state index contributed by atoms with van der Waals surface area (Å²) in [5, 5.41) is 0. The molecule has 1 aromatic carbocycles. The van der Waals surface area contributed by atoms with Crippen molar-refractivity contribution in [3.8, 4) is 11.1 Å². The number of aromatic nitrogens is 1. The van der Waals surface area contributed by atoms with Crippen LogP contribution in [-0.2, 0) is 0 Å². The Balaban J connectivity index is 2.53. The second-order valence-electron chi connectivity index (χ2n) is 3.49. The van der Waals surface area contributed by atoms with Gasteiger partial charge in [-0.3, -0.25) is 4.98 Å². The highest BCUT2D eigenvalue weighted by molar-refractivity contribution is 5.66. The number of nitrogens with zero attached hydrogens (tertiary/aromatic N) is 1.